The van der Waals surface area contributed by atoms with E-state index in [0.717, 1.165) is 42.1 Å². The zero-order valence-corrected chi connectivity index (χ0v) is 22.6. The predicted molar refractivity (Wildman–Crippen MR) is 148 cm³/mol. The Labute approximate surface area is 225 Å². The molecule has 1 heterocycles. The number of nitrogens with zero attached hydrogens (tertiary/aromatic N) is 1. The number of nitrogens with one attached hydrogen (secondary N) is 1. The molecule has 38 heavy (non-hydrogen) atoms. The first-order valence-corrected chi connectivity index (χ1v) is 13.1. The van der Waals surface area contributed by atoms with E-state index in [1.165, 1.54) is 6.92 Å². The second kappa shape index (κ2) is 11.9. The number of carbonyl (C=O) groups is 2. The summed E-state index contributed by atoms with van der Waals surface area (Å²) in [4.78, 5) is 27.8. The Morgan fingerprint density at radius 1 is 1.11 bits per heavy atom. The Balaban J connectivity index is 1.63. The number of likely N-dealkylation sites (tertiary alicyclic amines) is 1. The summed E-state index contributed by atoms with van der Waals surface area (Å²) in [7, 11) is 3.27. The highest BCUT2D eigenvalue weighted by Crippen LogP contribution is 2.54. The summed E-state index contributed by atoms with van der Waals surface area (Å²) in [5.74, 6) is 1.06. The Bertz CT molecular complexity index is 1190. The smallest absolute Gasteiger partial charge is 0.303 e. The largest absolute Gasteiger partial charge is 0.497 e. The second-order valence-corrected chi connectivity index (χ2v) is 10.2. The van der Waals surface area contributed by atoms with Crippen LogP contribution in [0.3, 0.4) is 0 Å². The summed E-state index contributed by atoms with van der Waals surface area (Å²) in [5, 5.41) is 3.22. The van der Waals surface area contributed by atoms with Crippen LogP contribution < -0.4 is 14.8 Å². The van der Waals surface area contributed by atoms with Gasteiger partial charge < -0.3 is 19.5 Å². The highest BCUT2D eigenvalue weighted by atomic mass is 16.6. The molecule has 2 aliphatic rings. The first-order chi connectivity index (χ1) is 18.3. The maximum absolute atomic E-state index is 13.0. The number of benzene rings is 2. The minimum Gasteiger partial charge on any atom is -0.497 e. The number of fused-ring (bicyclic) bond motifs is 1. The van der Waals surface area contributed by atoms with Crippen LogP contribution in [0.15, 0.2) is 67.3 Å². The van der Waals surface area contributed by atoms with Crippen molar-refractivity contribution >= 4 is 18.0 Å². The van der Waals surface area contributed by atoms with Crippen molar-refractivity contribution in [3.8, 4) is 11.5 Å². The van der Waals surface area contributed by atoms with Crippen molar-refractivity contribution in [2.75, 3.05) is 33.9 Å². The average molecular weight is 519 g/mol. The molecule has 1 saturated carbocycles. The van der Waals surface area contributed by atoms with Gasteiger partial charge in [-0.15, -0.1) is 6.58 Å². The molecule has 3 unspecified atom stereocenters. The maximum Gasteiger partial charge on any atom is 0.303 e. The van der Waals surface area contributed by atoms with E-state index in [-0.39, 0.29) is 17.9 Å². The zero-order chi connectivity index (χ0) is 27.2. The summed E-state index contributed by atoms with van der Waals surface area (Å²) in [5.41, 5.74) is 0.767. The predicted octanol–water partition coefficient (Wildman–Crippen LogP) is 4.52. The van der Waals surface area contributed by atoms with Gasteiger partial charge in [-0.3, -0.25) is 14.5 Å². The third-order valence-corrected chi connectivity index (χ3v) is 7.91. The fourth-order valence-electron chi connectivity index (χ4n) is 6.23. The normalized spacial score (nSPS) is 25.3. The van der Waals surface area contributed by atoms with E-state index in [0.29, 0.717) is 25.8 Å². The number of hydrogen-bond acceptors (Lipinski definition) is 6. The van der Waals surface area contributed by atoms with E-state index >= 15 is 0 Å². The van der Waals surface area contributed by atoms with Crippen LogP contribution in [-0.4, -0.2) is 62.3 Å². The lowest BCUT2D eigenvalue weighted by Crippen LogP contribution is -2.68. The van der Waals surface area contributed by atoms with Crippen LogP contribution in [-0.2, 0) is 19.7 Å². The van der Waals surface area contributed by atoms with Crippen molar-refractivity contribution in [3.63, 3.8) is 0 Å². The monoisotopic (exact) mass is 518 g/mol. The molecule has 0 spiro atoms. The zero-order valence-electron chi connectivity index (χ0n) is 22.6. The van der Waals surface area contributed by atoms with Gasteiger partial charge in [-0.05, 0) is 73.7 Å². The van der Waals surface area contributed by atoms with E-state index in [2.05, 4.69) is 22.9 Å². The Hall–Kier alpha value is -3.58. The Kier molecular flexibility index (Phi) is 8.57. The van der Waals surface area contributed by atoms with E-state index in [1.807, 2.05) is 48.5 Å². The molecule has 1 amide bonds. The summed E-state index contributed by atoms with van der Waals surface area (Å²) in [6.45, 7) is 7.57. The average Bonchev–Trinajstić information content (AvgIpc) is 2.92. The topological polar surface area (TPSA) is 77.1 Å². The number of esters is 1. The molecule has 1 aliphatic carbocycles. The Morgan fingerprint density at radius 2 is 1.84 bits per heavy atom. The summed E-state index contributed by atoms with van der Waals surface area (Å²) in [6.07, 6.45) is 8.03. The molecule has 7 nitrogen and oxygen atoms in total. The molecule has 3 atom stereocenters. The highest BCUT2D eigenvalue weighted by molar-refractivity contribution is 5.92. The summed E-state index contributed by atoms with van der Waals surface area (Å²) in [6, 6.07) is 15.5. The fourth-order valence-corrected chi connectivity index (χ4v) is 6.23. The quantitative estimate of drug-likeness (QED) is 0.299. The van der Waals surface area contributed by atoms with Crippen LogP contribution in [0.2, 0.25) is 0 Å². The van der Waals surface area contributed by atoms with Crippen molar-refractivity contribution in [1.82, 2.24) is 10.2 Å². The number of rotatable bonds is 9. The van der Waals surface area contributed by atoms with Gasteiger partial charge in [0, 0.05) is 37.5 Å². The molecule has 2 aromatic carbocycles. The van der Waals surface area contributed by atoms with Crippen LogP contribution in [0.4, 0.5) is 0 Å². The van der Waals surface area contributed by atoms with Gasteiger partial charge in [-0.1, -0.05) is 30.3 Å². The number of carbonyl (C=O) groups excluding carboxylic acids is 2. The molecule has 0 bridgehead atoms. The maximum atomic E-state index is 13.0. The van der Waals surface area contributed by atoms with Crippen molar-refractivity contribution < 1.29 is 23.8 Å². The first-order valence-electron chi connectivity index (χ1n) is 13.1. The van der Waals surface area contributed by atoms with Crippen LogP contribution in [0.25, 0.3) is 6.08 Å². The Morgan fingerprint density at radius 3 is 2.55 bits per heavy atom. The van der Waals surface area contributed by atoms with Crippen molar-refractivity contribution in [1.29, 1.82) is 0 Å². The lowest BCUT2D eigenvalue weighted by atomic mass is 9.55. The van der Waals surface area contributed by atoms with Crippen molar-refractivity contribution in [2.45, 2.75) is 49.7 Å². The molecule has 7 heteroatoms. The van der Waals surface area contributed by atoms with Gasteiger partial charge in [0.25, 0.3) is 0 Å². The van der Waals surface area contributed by atoms with E-state index in [9.17, 15) is 9.59 Å². The minimum absolute atomic E-state index is 0.0710. The number of piperidine rings is 1. The van der Waals surface area contributed by atoms with Gasteiger partial charge >= 0.3 is 5.97 Å². The third kappa shape index (κ3) is 5.78. The summed E-state index contributed by atoms with van der Waals surface area (Å²) < 4.78 is 17.1. The molecular formula is C31H38N2O5. The van der Waals surface area contributed by atoms with Crippen molar-refractivity contribution in [2.24, 2.45) is 0 Å². The molecular weight excluding hydrogens is 480 g/mol. The molecule has 1 aliphatic heterocycles. The molecule has 1 N–H and O–H groups in total. The second-order valence-electron chi connectivity index (χ2n) is 10.2. The van der Waals surface area contributed by atoms with Gasteiger partial charge in [0.15, 0.2) is 0 Å². The highest BCUT2D eigenvalue weighted by Gasteiger charge is 2.60. The molecule has 2 aromatic rings. The van der Waals surface area contributed by atoms with Crippen LogP contribution in [0.5, 0.6) is 11.5 Å². The van der Waals surface area contributed by atoms with E-state index in [4.69, 9.17) is 14.2 Å². The number of hydrogen-bond donors (Lipinski definition) is 1. The minimum atomic E-state index is -0.718. The summed E-state index contributed by atoms with van der Waals surface area (Å²) >= 11 is 0. The number of methoxy groups -OCH3 is 2. The van der Waals surface area contributed by atoms with Crippen LogP contribution >= 0.6 is 0 Å². The number of ether oxygens (including phenoxy) is 3. The molecule has 4 rings (SSSR count). The SMILES string of the molecule is C=CCN1CCC2(c3cccc(OC)c3)CC(NC(=O)/C=C/c3cccc(OC)c3)CCC2(OC(C)=O)C1. The molecule has 202 valence electrons. The van der Waals surface area contributed by atoms with Gasteiger partial charge in [-0.25, -0.2) is 0 Å². The third-order valence-electron chi connectivity index (χ3n) is 7.91. The van der Waals surface area contributed by atoms with E-state index < -0.39 is 11.0 Å². The molecule has 0 radical (unpaired) electrons. The standard InChI is InChI=1S/C31H38N2O5/c1-5-17-33-18-16-30(25-9-7-11-28(20-25)37-4)21-26(14-15-31(30,22-33)38-23(2)34)32-29(35)13-12-24-8-6-10-27(19-24)36-3/h5-13,19-20,26H,1,14-18,21-22H2,2-4H3,(H,32,35)/b13-12+. The molecule has 1 saturated heterocycles. The fraction of sp³-hybridized carbons (Fsp3) is 0.419. The lowest BCUT2D eigenvalue weighted by Gasteiger charge is -2.59. The van der Waals surface area contributed by atoms with Gasteiger partial charge in [0.1, 0.15) is 17.1 Å². The van der Waals surface area contributed by atoms with Crippen LogP contribution in [0, 0.1) is 0 Å². The van der Waals surface area contributed by atoms with Gasteiger partial charge in [0.05, 0.1) is 14.2 Å². The van der Waals surface area contributed by atoms with E-state index in [1.54, 1.807) is 26.4 Å². The van der Waals surface area contributed by atoms with Gasteiger partial charge in [-0.2, -0.15) is 0 Å². The molecule has 0 aromatic heterocycles. The van der Waals surface area contributed by atoms with Crippen molar-refractivity contribution in [3.05, 3.63) is 78.4 Å². The first kappa shape index (κ1) is 27.5. The molecule has 2 fully saturated rings. The van der Waals surface area contributed by atoms with Crippen LogP contribution in [0.1, 0.15) is 43.7 Å². The lowest BCUT2D eigenvalue weighted by molar-refractivity contribution is -0.186. The van der Waals surface area contributed by atoms with Gasteiger partial charge in [0.2, 0.25) is 5.91 Å². The number of amides is 1.